The highest BCUT2D eigenvalue weighted by atomic mass is 16.5. The number of hydrogen-bond acceptors (Lipinski definition) is 5. The first-order chi connectivity index (χ1) is 13.8. The molecule has 1 aliphatic rings. The molecule has 0 radical (unpaired) electrons. The Labute approximate surface area is 166 Å². The normalized spacial score (nSPS) is 13.8. The number of benzene rings is 2. The molecule has 0 amide bonds. The SMILES string of the molecule is CCCN1CCc2nc(NCc3cccc(Oc4ccccc4)c3)ncc2C1. The second-order valence-corrected chi connectivity index (χ2v) is 7.11. The van der Waals surface area contributed by atoms with Gasteiger partial charge in [-0.2, -0.15) is 0 Å². The van der Waals surface area contributed by atoms with Crippen LogP contribution < -0.4 is 10.1 Å². The van der Waals surface area contributed by atoms with Crippen LogP contribution in [0.25, 0.3) is 0 Å². The minimum atomic E-state index is 0.659. The van der Waals surface area contributed by atoms with E-state index in [2.05, 4.69) is 28.2 Å². The van der Waals surface area contributed by atoms with Gasteiger partial charge in [0.25, 0.3) is 0 Å². The topological polar surface area (TPSA) is 50.3 Å². The summed E-state index contributed by atoms with van der Waals surface area (Å²) in [5.41, 5.74) is 3.55. The third-order valence-corrected chi connectivity index (χ3v) is 4.88. The lowest BCUT2D eigenvalue weighted by atomic mass is 10.1. The predicted octanol–water partition coefficient (Wildman–Crippen LogP) is 4.65. The Balaban J connectivity index is 1.38. The lowest BCUT2D eigenvalue weighted by Gasteiger charge is -2.27. The van der Waals surface area contributed by atoms with Crippen LogP contribution in [0, 0.1) is 0 Å². The van der Waals surface area contributed by atoms with Gasteiger partial charge in [-0.15, -0.1) is 0 Å². The van der Waals surface area contributed by atoms with Crippen LogP contribution in [-0.4, -0.2) is 28.0 Å². The van der Waals surface area contributed by atoms with Gasteiger partial charge in [0.05, 0.1) is 5.69 Å². The Morgan fingerprint density at radius 3 is 2.79 bits per heavy atom. The van der Waals surface area contributed by atoms with E-state index in [0.29, 0.717) is 12.5 Å². The average molecular weight is 374 g/mol. The molecule has 0 atom stereocenters. The molecule has 4 rings (SSSR count). The Morgan fingerprint density at radius 2 is 1.93 bits per heavy atom. The van der Waals surface area contributed by atoms with Crippen LogP contribution in [0.15, 0.2) is 60.8 Å². The van der Waals surface area contributed by atoms with Crippen molar-refractivity contribution in [2.75, 3.05) is 18.4 Å². The van der Waals surface area contributed by atoms with Gasteiger partial charge in [-0.1, -0.05) is 37.3 Å². The Morgan fingerprint density at radius 1 is 1.07 bits per heavy atom. The summed E-state index contributed by atoms with van der Waals surface area (Å²) < 4.78 is 5.91. The minimum absolute atomic E-state index is 0.659. The number of nitrogens with one attached hydrogen (secondary N) is 1. The number of ether oxygens (including phenoxy) is 1. The quantitative estimate of drug-likeness (QED) is 0.652. The van der Waals surface area contributed by atoms with Crippen molar-refractivity contribution in [3.63, 3.8) is 0 Å². The van der Waals surface area contributed by atoms with Gasteiger partial charge in [-0.05, 0) is 42.8 Å². The van der Waals surface area contributed by atoms with Gasteiger partial charge < -0.3 is 10.1 Å². The van der Waals surface area contributed by atoms with Crippen molar-refractivity contribution in [1.29, 1.82) is 0 Å². The summed E-state index contributed by atoms with van der Waals surface area (Å²) in [6, 6.07) is 17.9. The fourth-order valence-corrected chi connectivity index (χ4v) is 3.49. The van der Waals surface area contributed by atoms with Gasteiger partial charge in [-0.25, -0.2) is 9.97 Å². The molecular weight excluding hydrogens is 348 g/mol. The summed E-state index contributed by atoms with van der Waals surface area (Å²) in [5.74, 6) is 2.35. The Bertz CT molecular complexity index is 913. The van der Waals surface area contributed by atoms with Crippen LogP contribution in [0.5, 0.6) is 11.5 Å². The third-order valence-electron chi connectivity index (χ3n) is 4.88. The fraction of sp³-hybridized carbons (Fsp3) is 0.304. The molecule has 3 aromatic rings. The lowest BCUT2D eigenvalue weighted by molar-refractivity contribution is 0.252. The maximum atomic E-state index is 5.91. The van der Waals surface area contributed by atoms with Crippen LogP contribution in [-0.2, 0) is 19.5 Å². The van der Waals surface area contributed by atoms with E-state index in [1.165, 1.54) is 17.7 Å². The van der Waals surface area contributed by atoms with Crippen molar-refractivity contribution in [1.82, 2.24) is 14.9 Å². The number of anilines is 1. The zero-order chi connectivity index (χ0) is 19.2. The van der Waals surface area contributed by atoms with Crippen LogP contribution in [0.3, 0.4) is 0 Å². The molecule has 2 aromatic carbocycles. The van der Waals surface area contributed by atoms with Crippen molar-refractivity contribution < 1.29 is 4.74 Å². The average Bonchev–Trinajstić information content (AvgIpc) is 2.73. The van der Waals surface area contributed by atoms with Crippen molar-refractivity contribution >= 4 is 5.95 Å². The maximum Gasteiger partial charge on any atom is 0.223 e. The van der Waals surface area contributed by atoms with Crippen molar-refractivity contribution in [3.8, 4) is 11.5 Å². The molecule has 0 saturated heterocycles. The minimum Gasteiger partial charge on any atom is -0.457 e. The second-order valence-electron chi connectivity index (χ2n) is 7.11. The molecular formula is C23H26N4O. The molecule has 1 aromatic heterocycles. The first kappa shape index (κ1) is 18.4. The summed E-state index contributed by atoms with van der Waals surface area (Å²) in [5, 5.41) is 3.35. The number of fused-ring (bicyclic) bond motifs is 1. The standard InChI is InChI=1S/C23H26N4O/c1-2-12-27-13-11-22-19(17-27)16-25-23(26-22)24-15-18-7-6-10-21(14-18)28-20-8-4-3-5-9-20/h3-10,14,16H,2,11-13,15,17H2,1H3,(H,24,25,26). The lowest BCUT2D eigenvalue weighted by Crippen LogP contribution is -2.32. The van der Waals surface area contributed by atoms with E-state index in [4.69, 9.17) is 9.72 Å². The molecule has 1 aliphatic heterocycles. The highest BCUT2D eigenvalue weighted by Crippen LogP contribution is 2.22. The molecule has 5 heteroatoms. The van der Waals surface area contributed by atoms with E-state index in [1.807, 2.05) is 54.7 Å². The fourth-order valence-electron chi connectivity index (χ4n) is 3.49. The molecule has 28 heavy (non-hydrogen) atoms. The molecule has 0 aliphatic carbocycles. The summed E-state index contributed by atoms with van der Waals surface area (Å²) in [7, 11) is 0. The predicted molar refractivity (Wildman–Crippen MR) is 112 cm³/mol. The molecule has 2 heterocycles. The van der Waals surface area contributed by atoms with E-state index in [9.17, 15) is 0 Å². The summed E-state index contributed by atoms with van der Waals surface area (Å²) in [4.78, 5) is 11.7. The van der Waals surface area contributed by atoms with Gasteiger partial charge in [0.2, 0.25) is 5.95 Å². The van der Waals surface area contributed by atoms with Gasteiger partial charge in [0.15, 0.2) is 0 Å². The van der Waals surface area contributed by atoms with Crippen LogP contribution in [0.4, 0.5) is 5.95 Å². The largest absolute Gasteiger partial charge is 0.457 e. The van der Waals surface area contributed by atoms with Gasteiger partial charge in [0.1, 0.15) is 11.5 Å². The molecule has 0 spiro atoms. The van der Waals surface area contributed by atoms with E-state index >= 15 is 0 Å². The third kappa shape index (κ3) is 4.67. The Hall–Kier alpha value is -2.92. The number of hydrogen-bond donors (Lipinski definition) is 1. The molecule has 0 unspecified atom stereocenters. The number of rotatable bonds is 7. The van der Waals surface area contributed by atoms with E-state index in [0.717, 1.165) is 43.1 Å². The van der Waals surface area contributed by atoms with Crippen LogP contribution >= 0.6 is 0 Å². The van der Waals surface area contributed by atoms with Crippen molar-refractivity contribution in [2.24, 2.45) is 0 Å². The highest BCUT2D eigenvalue weighted by molar-refractivity contribution is 5.37. The van der Waals surface area contributed by atoms with E-state index in [-0.39, 0.29) is 0 Å². The smallest absolute Gasteiger partial charge is 0.223 e. The van der Waals surface area contributed by atoms with Gasteiger partial charge in [0, 0.05) is 37.8 Å². The molecule has 5 nitrogen and oxygen atoms in total. The zero-order valence-electron chi connectivity index (χ0n) is 16.3. The van der Waals surface area contributed by atoms with E-state index in [1.54, 1.807) is 0 Å². The second kappa shape index (κ2) is 8.85. The molecule has 1 N–H and O–H groups in total. The zero-order valence-corrected chi connectivity index (χ0v) is 16.3. The highest BCUT2D eigenvalue weighted by Gasteiger charge is 2.17. The maximum absolute atomic E-state index is 5.91. The first-order valence-electron chi connectivity index (χ1n) is 9.93. The first-order valence-corrected chi connectivity index (χ1v) is 9.93. The summed E-state index contributed by atoms with van der Waals surface area (Å²) in [6.07, 6.45) is 4.15. The van der Waals surface area contributed by atoms with Crippen molar-refractivity contribution in [2.45, 2.75) is 32.9 Å². The summed E-state index contributed by atoms with van der Waals surface area (Å²) in [6.45, 7) is 6.06. The van der Waals surface area contributed by atoms with Crippen LogP contribution in [0.2, 0.25) is 0 Å². The monoisotopic (exact) mass is 374 g/mol. The van der Waals surface area contributed by atoms with E-state index < -0.39 is 0 Å². The van der Waals surface area contributed by atoms with Gasteiger partial charge >= 0.3 is 0 Å². The van der Waals surface area contributed by atoms with Crippen LogP contribution in [0.1, 0.15) is 30.2 Å². The van der Waals surface area contributed by atoms with Crippen molar-refractivity contribution in [3.05, 3.63) is 77.6 Å². The molecule has 144 valence electrons. The number of aromatic nitrogens is 2. The Kier molecular flexibility index (Phi) is 5.83. The molecule has 0 saturated carbocycles. The molecule has 0 fully saturated rings. The number of nitrogens with zero attached hydrogens (tertiary/aromatic N) is 3. The number of para-hydroxylation sites is 1. The molecule has 0 bridgehead atoms. The summed E-state index contributed by atoms with van der Waals surface area (Å²) >= 11 is 0. The van der Waals surface area contributed by atoms with Gasteiger partial charge in [-0.3, -0.25) is 4.90 Å².